The highest BCUT2D eigenvalue weighted by atomic mass is 16.6. The van der Waals surface area contributed by atoms with Crippen molar-refractivity contribution in [3.63, 3.8) is 0 Å². The van der Waals surface area contributed by atoms with Crippen molar-refractivity contribution < 1.29 is 19.4 Å². The average Bonchev–Trinajstić information content (AvgIpc) is 3.22. The largest absolute Gasteiger partial charge is 0.451 e. The van der Waals surface area contributed by atoms with E-state index in [-0.39, 0.29) is 29.7 Å². The van der Waals surface area contributed by atoms with Gasteiger partial charge < -0.3 is 9.84 Å². The van der Waals surface area contributed by atoms with Gasteiger partial charge in [0.15, 0.2) is 5.78 Å². The van der Waals surface area contributed by atoms with Gasteiger partial charge in [0.1, 0.15) is 5.60 Å². The van der Waals surface area contributed by atoms with Crippen LogP contribution in [0.1, 0.15) is 58.3 Å². The van der Waals surface area contributed by atoms with Gasteiger partial charge in [-0.15, -0.1) is 0 Å². The highest BCUT2D eigenvalue weighted by Gasteiger charge is 2.66. The van der Waals surface area contributed by atoms with Crippen molar-refractivity contribution in [3.8, 4) is 0 Å². The monoisotopic (exact) mass is 370 g/mol. The van der Waals surface area contributed by atoms with Crippen LogP contribution in [0.2, 0.25) is 0 Å². The molecule has 0 aromatic heterocycles. The Morgan fingerprint density at radius 2 is 2.04 bits per heavy atom. The second-order valence-corrected chi connectivity index (χ2v) is 9.54. The molecule has 1 aliphatic heterocycles. The molecule has 0 radical (unpaired) electrons. The van der Waals surface area contributed by atoms with Crippen LogP contribution in [-0.2, 0) is 14.3 Å². The lowest BCUT2D eigenvalue weighted by molar-refractivity contribution is -0.165. The Balaban J connectivity index is 1.52. The Hall–Kier alpha value is -1.42. The molecule has 1 N–H and O–H groups in total. The highest BCUT2D eigenvalue weighted by molar-refractivity contribution is 5.91. The summed E-state index contributed by atoms with van der Waals surface area (Å²) in [7, 11) is 0. The first-order chi connectivity index (χ1) is 13.0. The third-order valence-corrected chi connectivity index (χ3v) is 8.99. The first kappa shape index (κ1) is 17.7. The zero-order chi connectivity index (χ0) is 18.8. The van der Waals surface area contributed by atoms with Crippen molar-refractivity contribution in [2.24, 2.45) is 35.0 Å². The maximum absolute atomic E-state index is 12.0. The van der Waals surface area contributed by atoms with Crippen LogP contribution in [-0.4, -0.2) is 29.1 Å². The fourth-order valence-electron chi connectivity index (χ4n) is 7.95. The van der Waals surface area contributed by atoms with Gasteiger partial charge in [-0.05, 0) is 80.8 Å². The molecule has 4 aliphatic carbocycles. The molecule has 3 fully saturated rings. The van der Waals surface area contributed by atoms with Crippen LogP contribution >= 0.6 is 0 Å². The van der Waals surface area contributed by atoms with E-state index in [1.165, 1.54) is 5.57 Å². The molecular weight excluding hydrogens is 340 g/mol. The molecule has 5 aliphatic rings. The lowest BCUT2D eigenvalue weighted by atomic mass is 9.48. The van der Waals surface area contributed by atoms with Gasteiger partial charge in [-0.25, -0.2) is 4.79 Å². The van der Waals surface area contributed by atoms with E-state index in [0.717, 1.165) is 44.9 Å². The predicted octanol–water partition coefficient (Wildman–Crippen LogP) is 3.59. The highest BCUT2D eigenvalue weighted by Crippen LogP contribution is 2.68. The maximum atomic E-state index is 12.0. The van der Waals surface area contributed by atoms with E-state index in [4.69, 9.17) is 4.74 Å². The number of ketones is 1. The van der Waals surface area contributed by atoms with Gasteiger partial charge >= 0.3 is 5.97 Å². The molecule has 4 heteroatoms. The van der Waals surface area contributed by atoms with E-state index in [1.807, 2.05) is 6.08 Å². The Bertz CT molecular complexity index is 737. The molecule has 0 amide bonds. The van der Waals surface area contributed by atoms with Crippen molar-refractivity contribution in [1.82, 2.24) is 0 Å². The molecule has 0 saturated heterocycles. The predicted molar refractivity (Wildman–Crippen MR) is 101 cm³/mol. The van der Waals surface area contributed by atoms with Crippen LogP contribution in [0.4, 0.5) is 0 Å². The molecule has 1 spiro atoms. The number of aliphatic hydroxyl groups is 1. The number of esters is 1. The van der Waals surface area contributed by atoms with Gasteiger partial charge in [0.25, 0.3) is 0 Å². The summed E-state index contributed by atoms with van der Waals surface area (Å²) in [6.45, 7) is 2.40. The molecule has 0 aromatic rings. The molecular formula is C23H30O4. The van der Waals surface area contributed by atoms with Crippen LogP contribution in [0.25, 0.3) is 0 Å². The third kappa shape index (κ3) is 2.25. The number of fused-ring (bicyclic) bond motifs is 6. The SMILES string of the molecule is CC[C@]12CCC3C(C[C@H](CO)C4=CC(=O)CC[C@@H]43)C1CC[C@@]21C=CC(=O)O1. The number of carbonyl (C=O) groups is 2. The molecule has 7 atom stereocenters. The van der Waals surface area contributed by atoms with E-state index in [0.29, 0.717) is 30.1 Å². The molecule has 0 bridgehead atoms. The summed E-state index contributed by atoms with van der Waals surface area (Å²) in [5, 5.41) is 10.1. The van der Waals surface area contributed by atoms with E-state index in [2.05, 4.69) is 13.0 Å². The van der Waals surface area contributed by atoms with Crippen molar-refractivity contribution in [3.05, 3.63) is 23.8 Å². The minimum Gasteiger partial charge on any atom is -0.451 e. The number of rotatable bonds is 2. The smallest absolute Gasteiger partial charge is 0.331 e. The van der Waals surface area contributed by atoms with Crippen molar-refractivity contribution in [2.75, 3.05) is 6.61 Å². The summed E-state index contributed by atoms with van der Waals surface area (Å²) in [5.74, 6) is 2.38. The second kappa shape index (κ2) is 6.04. The fourth-order valence-corrected chi connectivity index (χ4v) is 7.95. The third-order valence-electron chi connectivity index (χ3n) is 8.99. The van der Waals surface area contributed by atoms with Gasteiger partial charge in [-0.2, -0.15) is 0 Å². The number of aliphatic hydroxyl groups excluding tert-OH is 1. The molecule has 4 nitrogen and oxygen atoms in total. The minimum absolute atomic E-state index is 0.0442. The summed E-state index contributed by atoms with van der Waals surface area (Å²) in [4.78, 5) is 24.0. The molecule has 5 rings (SSSR count). The number of ether oxygens (including phenoxy) is 1. The molecule has 3 unspecified atom stereocenters. The maximum Gasteiger partial charge on any atom is 0.331 e. The zero-order valence-corrected chi connectivity index (χ0v) is 16.2. The first-order valence-corrected chi connectivity index (χ1v) is 10.8. The van der Waals surface area contributed by atoms with E-state index < -0.39 is 5.60 Å². The summed E-state index contributed by atoms with van der Waals surface area (Å²) in [6.07, 6.45) is 13.5. The topological polar surface area (TPSA) is 63.6 Å². The number of hydrogen-bond donors (Lipinski definition) is 1. The molecule has 27 heavy (non-hydrogen) atoms. The van der Waals surface area contributed by atoms with Gasteiger partial charge in [0.05, 0.1) is 0 Å². The number of hydrogen-bond acceptors (Lipinski definition) is 4. The quantitative estimate of drug-likeness (QED) is 0.755. The minimum atomic E-state index is -0.401. The van der Waals surface area contributed by atoms with Crippen LogP contribution < -0.4 is 0 Å². The molecule has 0 aromatic carbocycles. The van der Waals surface area contributed by atoms with Gasteiger partial charge in [0, 0.05) is 30.4 Å². The second-order valence-electron chi connectivity index (χ2n) is 9.54. The summed E-state index contributed by atoms with van der Waals surface area (Å²) >= 11 is 0. The normalized spacial score (nSPS) is 48.1. The Morgan fingerprint density at radius 3 is 2.74 bits per heavy atom. The molecule has 3 saturated carbocycles. The summed E-state index contributed by atoms with van der Waals surface area (Å²) in [5.41, 5.74) is 0.878. The van der Waals surface area contributed by atoms with Gasteiger partial charge in [0.2, 0.25) is 0 Å². The van der Waals surface area contributed by atoms with Gasteiger partial charge in [-0.3, -0.25) is 4.79 Å². The lowest BCUT2D eigenvalue weighted by Crippen LogP contribution is -2.54. The Labute approximate surface area is 161 Å². The first-order valence-electron chi connectivity index (χ1n) is 10.8. The van der Waals surface area contributed by atoms with E-state index in [1.54, 1.807) is 6.08 Å². The standard InChI is InChI=1S/C23H30O4/c1-2-22-8-5-17-16-4-3-15(25)12-18(16)14(13-24)11-19(17)20(22)6-9-23(22)10-7-21(26)27-23/h7,10,12,14,16-17,19-20,24H,2-6,8-9,11,13H2,1H3/t14-,16-,17?,19?,20?,22+,23-/m1/s1. The zero-order valence-electron chi connectivity index (χ0n) is 16.2. The van der Waals surface area contributed by atoms with Crippen molar-refractivity contribution >= 4 is 11.8 Å². The Morgan fingerprint density at radius 1 is 1.19 bits per heavy atom. The fraction of sp³-hybridized carbons (Fsp3) is 0.739. The van der Waals surface area contributed by atoms with Crippen LogP contribution in [0, 0.1) is 35.0 Å². The number of carbonyl (C=O) groups excluding carboxylic acids is 2. The van der Waals surface area contributed by atoms with Crippen molar-refractivity contribution in [1.29, 1.82) is 0 Å². The summed E-state index contributed by atoms with van der Waals surface area (Å²) in [6, 6.07) is 0. The summed E-state index contributed by atoms with van der Waals surface area (Å²) < 4.78 is 5.97. The molecule has 146 valence electrons. The molecule has 1 heterocycles. The average molecular weight is 370 g/mol. The van der Waals surface area contributed by atoms with Crippen LogP contribution in [0.15, 0.2) is 23.8 Å². The Kier molecular flexibility index (Phi) is 3.95. The van der Waals surface area contributed by atoms with Crippen LogP contribution in [0.3, 0.4) is 0 Å². The van der Waals surface area contributed by atoms with Gasteiger partial charge in [-0.1, -0.05) is 12.5 Å². The van der Waals surface area contributed by atoms with Crippen molar-refractivity contribution in [2.45, 2.75) is 63.9 Å². The van der Waals surface area contributed by atoms with Crippen LogP contribution in [0.5, 0.6) is 0 Å². The van der Waals surface area contributed by atoms with E-state index in [9.17, 15) is 14.7 Å². The van der Waals surface area contributed by atoms with E-state index >= 15 is 0 Å². The lowest BCUT2D eigenvalue weighted by Gasteiger charge is -2.57.